The molecule has 0 aliphatic carbocycles. The lowest BCUT2D eigenvalue weighted by atomic mass is 9.90. The Bertz CT molecular complexity index is 481. The minimum atomic E-state index is -1.03. The maximum atomic E-state index is 12.4. The van der Waals surface area contributed by atoms with Crippen molar-refractivity contribution >= 4 is 21.8 Å². The van der Waals surface area contributed by atoms with E-state index in [2.05, 4.69) is 40.0 Å². The summed E-state index contributed by atoms with van der Waals surface area (Å²) in [5.41, 5.74) is 5.99. The van der Waals surface area contributed by atoms with Gasteiger partial charge in [-0.2, -0.15) is 0 Å². The molecule has 21 heavy (non-hydrogen) atoms. The number of carbonyl (C=O) groups excluding carboxylic acids is 1. The largest absolute Gasteiger partial charge is 0.354 e. The highest BCUT2D eigenvalue weighted by Crippen LogP contribution is 2.21. The molecule has 0 fully saturated rings. The molecule has 0 saturated heterocycles. The second-order valence-corrected chi connectivity index (χ2v) is 7.71. The Hall–Kier alpha value is -0.910. The van der Waals surface area contributed by atoms with Crippen molar-refractivity contribution in [1.82, 2.24) is 10.2 Å². The summed E-state index contributed by atoms with van der Waals surface area (Å²) in [6.07, 6.45) is 0. The van der Waals surface area contributed by atoms with Crippen LogP contribution in [-0.2, 0) is 10.3 Å². The van der Waals surface area contributed by atoms with Gasteiger partial charge in [0.15, 0.2) is 0 Å². The molecule has 1 rings (SSSR count). The van der Waals surface area contributed by atoms with Gasteiger partial charge in [0.05, 0.1) is 0 Å². The molecule has 3 N–H and O–H groups in total. The van der Waals surface area contributed by atoms with Gasteiger partial charge in [0, 0.05) is 17.6 Å². The molecule has 1 aromatic carbocycles. The molecular formula is C16H26BrN3O. The number of hydrogen-bond acceptors (Lipinski definition) is 3. The molecule has 0 bridgehead atoms. The van der Waals surface area contributed by atoms with E-state index >= 15 is 0 Å². The molecular weight excluding hydrogens is 330 g/mol. The number of nitrogens with one attached hydrogen (secondary N) is 1. The maximum absolute atomic E-state index is 12.4. The molecule has 0 aromatic heterocycles. The number of carbonyl (C=O) groups is 1. The van der Waals surface area contributed by atoms with Crippen LogP contribution in [0.2, 0.25) is 0 Å². The van der Waals surface area contributed by atoms with Gasteiger partial charge >= 0.3 is 0 Å². The predicted octanol–water partition coefficient (Wildman–Crippen LogP) is 2.33. The van der Waals surface area contributed by atoms with E-state index in [0.29, 0.717) is 6.54 Å². The number of nitrogens with zero attached hydrogens (tertiary/aromatic N) is 1. The summed E-state index contributed by atoms with van der Waals surface area (Å²) in [4.78, 5) is 14.5. The zero-order chi connectivity index (χ0) is 16.3. The van der Waals surface area contributed by atoms with Crippen LogP contribution in [0.4, 0.5) is 0 Å². The Morgan fingerprint density at radius 1 is 1.24 bits per heavy atom. The monoisotopic (exact) mass is 355 g/mol. The van der Waals surface area contributed by atoms with E-state index in [1.807, 2.05) is 38.4 Å². The summed E-state index contributed by atoms with van der Waals surface area (Å²) in [7, 11) is 4.05. The number of halogens is 1. The van der Waals surface area contributed by atoms with Gasteiger partial charge in [-0.1, -0.05) is 41.9 Å². The minimum Gasteiger partial charge on any atom is -0.354 e. The lowest BCUT2D eigenvalue weighted by Crippen LogP contribution is -2.51. The first kappa shape index (κ1) is 18.1. The third-order valence-corrected chi connectivity index (χ3v) is 3.92. The fraction of sp³-hybridized carbons (Fsp3) is 0.562. The highest BCUT2D eigenvalue weighted by molar-refractivity contribution is 9.10. The van der Waals surface area contributed by atoms with Crippen molar-refractivity contribution < 1.29 is 4.79 Å². The van der Waals surface area contributed by atoms with Crippen molar-refractivity contribution in [3.05, 3.63) is 34.3 Å². The molecule has 0 spiro atoms. The lowest BCUT2D eigenvalue weighted by molar-refractivity contribution is -0.126. The van der Waals surface area contributed by atoms with Gasteiger partial charge in [0.1, 0.15) is 5.54 Å². The number of amides is 1. The summed E-state index contributed by atoms with van der Waals surface area (Å²) >= 11 is 3.38. The van der Waals surface area contributed by atoms with Gasteiger partial charge in [-0.25, -0.2) is 0 Å². The Balaban J connectivity index is 2.72. The molecule has 5 heteroatoms. The van der Waals surface area contributed by atoms with E-state index in [1.54, 1.807) is 6.92 Å². The Morgan fingerprint density at radius 2 is 1.76 bits per heavy atom. The lowest BCUT2D eigenvalue weighted by Gasteiger charge is -2.31. The first-order valence-corrected chi connectivity index (χ1v) is 7.82. The number of benzene rings is 1. The van der Waals surface area contributed by atoms with Gasteiger partial charge < -0.3 is 16.0 Å². The average molecular weight is 356 g/mol. The first-order chi connectivity index (χ1) is 9.54. The first-order valence-electron chi connectivity index (χ1n) is 7.02. The third-order valence-electron chi connectivity index (χ3n) is 3.39. The van der Waals surface area contributed by atoms with Crippen LogP contribution >= 0.6 is 15.9 Å². The van der Waals surface area contributed by atoms with Crippen LogP contribution in [0.3, 0.4) is 0 Å². The van der Waals surface area contributed by atoms with E-state index in [4.69, 9.17) is 5.73 Å². The Morgan fingerprint density at radius 3 is 2.24 bits per heavy atom. The average Bonchev–Trinajstić information content (AvgIpc) is 2.35. The fourth-order valence-electron chi connectivity index (χ4n) is 2.34. The maximum Gasteiger partial charge on any atom is 0.244 e. The van der Waals surface area contributed by atoms with Crippen molar-refractivity contribution in [2.75, 3.05) is 27.2 Å². The van der Waals surface area contributed by atoms with Crippen LogP contribution in [0.1, 0.15) is 26.3 Å². The van der Waals surface area contributed by atoms with E-state index in [9.17, 15) is 4.79 Å². The second kappa shape index (κ2) is 6.90. The van der Waals surface area contributed by atoms with E-state index in [-0.39, 0.29) is 11.3 Å². The highest BCUT2D eigenvalue weighted by atomic mass is 79.9. The van der Waals surface area contributed by atoms with Gasteiger partial charge in [-0.3, -0.25) is 4.79 Å². The molecule has 1 amide bonds. The molecule has 1 unspecified atom stereocenters. The van der Waals surface area contributed by atoms with E-state index in [0.717, 1.165) is 16.6 Å². The van der Waals surface area contributed by atoms with Crippen LogP contribution in [0, 0.1) is 5.41 Å². The summed E-state index contributed by atoms with van der Waals surface area (Å²) in [5, 5.41) is 2.98. The number of nitrogens with two attached hydrogens (primary N) is 1. The van der Waals surface area contributed by atoms with Crippen LogP contribution in [-0.4, -0.2) is 38.0 Å². The number of hydrogen-bond donors (Lipinski definition) is 2. The molecule has 1 atom stereocenters. The van der Waals surface area contributed by atoms with Gasteiger partial charge in [-0.15, -0.1) is 0 Å². The zero-order valence-electron chi connectivity index (χ0n) is 13.5. The molecule has 1 aromatic rings. The molecule has 0 radical (unpaired) electrons. The van der Waals surface area contributed by atoms with Gasteiger partial charge in [0.25, 0.3) is 0 Å². The van der Waals surface area contributed by atoms with Gasteiger partial charge in [0.2, 0.25) is 5.91 Å². The number of rotatable bonds is 6. The second-order valence-electron chi connectivity index (χ2n) is 6.79. The summed E-state index contributed by atoms with van der Waals surface area (Å²) in [6.45, 7) is 7.48. The molecule has 0 saturated carbocycles. The Labute approximate surface area is 136 Å². The standard InChI is InChI=1S/C16H26BrN3O/c1-15(2,11-20(4)5)10-19-14(21)16(3,18)12-6-8-13(17)9-7-12/h6-9H,10-11,18H2,1-5H3,(H,19,21). The smallest absolute Gasteiger partial charge is 0.244 e. The SMILES string of the molecule is CN(C)CC(C)(C)CNC(=O)C(C)(N)c1ccc(Br)cc1. The van der Waals surface area contributed by atoms with Crippen molar-refractivity contribution in [3.63, 3.8) is 0 Å². The van der Waals surface area contributed by atoms with E-state index in [1.165, 1.54) is 0 Å². The minimum absolute atomic E-state index is 0.00500. The fourth-order valence-corrected chi connectivity index (χ4v) is 2.61. The zero-order valence-corrected chi connectivity index (χ0v) is 15.1. The summed E-state index contributed by atoms with van der Waals surface area (Å²) in [5.74, 6) is -0.156. The van der Waals surface area contributed by atoms with Crippen molar-refractivity contribution in [1.29, 1.82) is 0 Å². The topological polar surface area (TPSA) is 58.4 Å². The quantitative estimate of drug-likeness (QED) is 0.823. The predicted molar refractivity (Wildman–Crippen MR) is 91.0 cm³/mol. The van der Waals surface area contributed by atoms with Crippen molar-refractivity contribution in [3.8, 4) is 0 Å². The van der Waals surface area contributed by atoms with Gasteiger partial charge in [-0.05, 0) is 44.1 Å². The van der Waals surface area contributed by atoms with Crippen molar-refractivity contribution in [2.45, 2.75) is 26.3 Å². The Kier molecular flexibility index (Phi) is 5.96. The normalized spacial score (nSPS) is 14.9. The molecule has 0 aliphatic rings. The van der Waals surface area contributed by atoms with Crippen LogP contribution in [0.25, 0.3) is 0 Å². The molecule has 0 aliphatic heterocycles. The third kappa shape index (κ3) is 5.41. The summed E-state index contributed by atoms with van der Waals surface area (Å²) < 4.78 is 0.967. The van der Waals surface area contributed by atoms with Crippen LogP contribution in [0.5, 0.6) is 0 Å². The molecule has 4 nitrogen and oxygen atoms in total. The van der Waals surface area contributed by atoms with Crippen LogP contribution in [0.15, 0.2) is 28.7 Å². The highest BCUT2D eigenvalue weighted by Gasteiger charge is 2.31. The van der Waals surface area contributed by atoms with Crippen molar-refractivity contribution in [2.24, 2.45) is 11.1 Å². The van der Waals surface area contributed by atoms with Crippen LogP contribution < -0.4 is 11.1 Å². The molecule has 118 valence electrons. The van der Waals surface area contributed by atoms with E-state index < -0.39 is 5.54 Å². The molecule has 0 heterocycles. The summed E-state index contributed by atoms with van der Waals surface area (Å²) in [6, 6.07) is 7.52.